The highest BCUT2D eigenvalue weighted by atomic mass is 79.9. The fourth-order valence-electron chi connectivity index (χ4n) is 3.77. The van der Waals surface area contributed by atoms with Crippen molar-refractivity contribution in [1.82, 2.24) is 14.5 Å². The minimum atomic E-state index is -0.249. The molecule has 1 aromatic heterocycles. The maximum atomic E-state index is 13.1. The first kappa shape index (κ1) is 20.5. The highest BCUT2D eigenvalue weighted by Gasteiger charge is 2.23. The largest absolute Gasteiger partial charge is 0.324 e. The number of benzene rings is 2. The lowest BCUT2D eigenvalue weighted by Gasteiger charge is -2.28. The molecule has 7 heteroatoms. The number of nitrogens with one attached hydrogen (secondary N) is 1. The highest BCUT2D eigenvalue weighted by Crippen LogP contribution is 2.18. The Bertz CT molecular complexity index is 1130. The second-order valence-corrected chi connectivity index (χ2v) is 8.40. The molecule has 1 amide bonds. The van der Waals surface area contributed by atoms with Gasteiger partial charge in [0.2, 0.25) is 5.91 Å². The minimum Gasteiger partial charge on any atom is -0.324 e. The predicted molar refractivity (Wildman–Crippen MR) is 120 cm³/mol. The summed E-state index contributed by atoms with van der Waals surface area (Å²) in [5.74, 6) is 0.311. The molecule has 0 aliphatic carbocycles. The van der Waals surface area contributed by atoms with Gasteiger partial charge in [-0.3, -0.25) is 19.1 Å². The Morgan fingerprint density at radius 3 is 2.73 bits per heavy atom. The van der Waals surface area contributed by atoms with E-state index < -0.39 is 0 Å². The summed E-state index contributed by atoms with van der Waals surface area (Å²) in [4.78, 5) is 32.5. The number of hydrogen-bond acceptors (Lipinski definition) is 4. The van der Waals surface area contributed by atoms with Crippen LogP contribution < -0.4 is 10.9 Å². The molecular weight excluding hydrogens is 444 g/mol. The van der Waals surface area contributed by atoms with Gasteiger partial charge in [-0.15, -0.1) is 0 Å². The molecule has 6 nitrogen and oxygen atoms in total. The van der Waals surface area contributed by atoms with E-state index in [0.717, 1.165) is 28.8 Å². The van der Waals surface area contributed by atoms with Gasteiger partial charge in [-0.1, -0.05) is 52.3 Å². The molecule has 2 aromatic carbocycles. The van der Waals surface area contributed by atoms with Crippen molar-refractivity contribution in [1.29, 1.82) is 0 Å². The highest BCUT2D eigenvalue weighted by molar-refractivity contribution is 9.10. The number of aryl methyl sites for hydroxylation is 1. The quantitative estimate of drug-likeness (QED) is 0.624. The number of amides is 1. The number of aromatic nitrogens is 2. The molecule has 0 bridgehead atoms. The Kier molecular flexibility index (Phi) is 6.11. The van der Waals surface area contributed by atoms with Crippen LogP contribution in [0.4, 0.5) is 5.69 Å². The first-order valence-corrected chi connectivity index (χ1v) is 10.7. The lowest BCUT2D eigenvalue weighted by Crippen LogP contribution is -2.39. The average Bonchev–Trinajstić information content (AvgIpc) is 2.72. The minimum absolute atomic E-state index is 0.0504. The molecule has 4 rings (SSSR count). The van der Waals surface area contributed by atoms with Crippen molar-refractivity contribution in [2.24, 2.45) is 0 Å². The number of anilines is 1. The van der Waals surface area contributed by atoms with Crippen LogP contribution in [-0.2, 0) is 30.8 Å². The maximum Gasteiger partial charge on any atom is 0.257 e. The summed E-state index contributed by atoms with van der Waals surface area (Å²) in [5.41, 5.74) is 3.36. The van der Waals surface area contributed by atoms with Gasteiger partial charge in [-0.05, 0) is 37.1 Å². The van der Waals surface area contributed by atoms with Crippen molar-refractivity contribution in [3.8, 4) is 0 Å². The molecule has 0 spiro atoms. The van der Waals surface area contributed by atoms with Crippen molar-refractivity contribution in [2.75, 3.05) is 11.9 Å². The molecule has 3 aromatic rings. The van der Waals surface area contributed by atoms with Gasteiger partial charge < -0.3 is 5.32 Å². The van der Waals surface area contributed by atoms with Crippen LogP contribution in [0.15, 0.2) is 63.9 Å². The molecule has 0 fully saturated rings. The van der Waals surface area contributed by atoms with E-state index in [1.807, 2.05) is 42.5 Å². The number of hydrogen-bond donors (Lipinski definition) is 1. The van der Waals surface area contributed by atoms with Gasteiger partial charge in [-0.25, -0.2) is 4.98 Å². The van der Waals surface area contributed by atoms with Crippen molar-refractivity contribution in [2.45, 2.75) is 33.0 Å². The topological polar surface area (TPSA) is 67.2 Å². The van der Waals surface area contributed by atoms with E-state index in [0.29, 0.717) is 24.5 Å². The fourth-order valence-corrected chi connectivity index (χ4v) is 4.17. The van der Waals surface area contributed by atoms with Crippen LogP contribution in [0.3, 0.4) is 0 Å². The van der Waals surface area contributed by atoms with E-state index in [9.17, 15) is 9.59 Å². The first-order valence-electron chi connectivity index (χ1n) is 9.90. The Morgan fingerprint density at radius 1 is 1.17 bits per heavy atom. The standard InChI is InChI=1S/C23H23BrN4O2/c1-16-25-21-14-27(13-17-6-3-2-4-7-17)11-10-20(21)23(30)28(16)15-22(29)26-19-9-5-8-18(24)12-19/h2-9,12H,10-11,13-15H2,1H3,(H,26,29). The van der Waals surface area contributed by atoms with E-state index in [1.165, 1.54) is 10.1 Å². The van der Waals surface area contributed by atoms with Crippen LogP contribution >= 0.6 is 15.9 Å². The van der Waals surface area contributed by atoms with E-state index in [4.69, 9.17) is 0 Å². The van der Waals surface area contributed by atoms with Crippen molar-refractivity contribution < 1.29 is 4.79 Å². The SMILES string of the molecule is Cc1nc2c(c(=O)n1CC(=O)Nc1cccc(Br)c1)CCN(Cc1ccccc1)C2. The van der Waals surface area contributed by atoms with Crippen molar-refractivity contribution >= 4 is 27.5 Å². The van der Waals surface area contributed by atoms with Gasteiger partial charge in [-0.2, -0.15) is 0 Å². The Labute approximate surface area is 183 Å². The second-order valence-electron chi connectivity index (χ2n) is 7.48. The maximum absolute atomic E-state index is 13.1. The molecule has 0 saturated heterocycles. The van der Waals surface area contributed by atoms with Gasteiger partial charge in [0.1, 0.15) is 12.4 Å². The summed E-state index contributed by atoms with van der Waals surface area (Å²) in [6.45, 7) is 4.01. The van der Waals surface area contributed by atoms with Gasteiger partial charge in [0, 0.05) is 35.4 Å². The zero-order valence-electron chi connectivity index (χ0n) is 16.8. The third kappa shape index (κ3) is 4.68. The van der Waals surface area contributed by atoms with Crippen LogP contribution in [0.1, 0.15) is 22.6 Å². The molecule has 154 valence electrons. The number of nitrogens with zero attached hydrogens (tertiary/aromatic N) is 3. The molecular formula is C23H23BrN4O2. The molecule has 0 unspecified atom stereocenters. The third-order valence-electron chi connectivity index (χ3n) is 5.25. The molecule has 1 aliphatic heterocycles. The van der Waals surface area contributed by atoms with Crippen LogP contribution in [-0.4, -0.2) is 26.9 Å². The Morgan fingerprint density at radius 2 is 1.97 bits per heavy atom. The molecule has 1 aliphatic rings. The van der Waals surface area contributed by atoms with Crippen LogP contribution in [0.5, 0.6) is 0 Å². The molecule has 0 saturated carbocycles. The molecule has 0 atom stereocenters. The van der Waals surface area contributed by atoms with Gasteiger partial charge in [0.05, 0.1) is 5.69 Å². The van der Waals surface area contributed by atoms with E-state index in [1.54, 1.807) is 6.92 Å². The summed E-state index contributed by atoms with van der Waals surface area (Å²) >= 11 is 3.39. The summed E-state index contributed by atoms with van der Waals surface area (Å²) in [6.07, 6.45) is 0.640. The zero-order chi connectivity index (χ0) is 21.1. The summed E-state index contributed by atoms with van der Waals surface area (Å²) in [5, 5.41) is 2.84. The number of rotatable bonds is 5. The molecule has 30 heavy (non-hydrogen) atoms. The normalized spacial score (nSPS) is 13.7. The summed E-state index contributed by atoms with van der Waals surface area (Å²) in [7, 11) is 0. The summed E-state index contributed by atoms with van der Waals surface area (Å²) in [6, 6.07) is 17.7. The smallest absolute Gasteiger partial charge is 0.257 e. The number of carbonyl (C=O) groups is 1. The number of fused-ring (bicyclic) bond motifs is 1. The predicted octanol–water partition coefficient (Wildman–Crippen LogP) is 3.51. The van der Waals surface area contributed by atoms with Crippen LogP contribution in [0.25, 0.3) is 0 Å². The second kappa shape index (κ2) is 8.93. The van der Waals surface area contributed by atoms with Gasteiger partial charge in [0.15, 0.2) is 0 Å². The number of carbonyl (C=O) groups excluding carboxylic acids is 1. The zero-order valence-corrected chi connectivity index (χ0v) is 18.4. The van der Waals surface area contributed by atoms with E-state index in [-0.39, 0.29) is 18.0 Å². The first-order chi connectivity index (χ1) is 14.5. The average molecular weight is 467 g/mol. The van der Waals surface area contributed by atoms with Crippen molar-refractivity contribution in [3.05, 3.63) is 92.1 Å². The fraction of sp³-hybridized carbons (Fsp3) is 0.261. The molecule has 0 radical (unpaired) electrons. The van der Waals surface area contributed by atoms with E-state index >= 15 is 0 Å². The lowest BCUT2D eigenvalue weighted by atomic mass is 10.1. The summed E-state index contributed by atoms with van der Waals surface area (Å²) < 4.78 is 2.35. The third-order valence-corrected chi connectivity index (χ3v) is 5.74. The molecule has 1 N–H and O–H groups in total. The lowest BCUT2D eigenvalue weighted by molar-refractivity contribution is -0.116. The van der Waals surface area contributed by atoms with Gasteiger partial charge >= 0.3 is 0 Å². The van der Waals surface area contributed by atoms with Gasteiger partial charge in [0.25, 0.3) is 5.56 Å². The van der Waals surface area contributed by atoms with Crippen molar-refractivity contribution in [3.63, 3.8) is 0 Å². The Balaban J connectivity index is 1.49. The monoisotopic (exact) mass is 466 g/mol. The van der Waals surface area contributed by atoms with Crippen LogP contribution in [0, 0.1) is 6.92 Å². The molecule has 2 heterocycles. The number of halogens is 1. The van der Waals surface area contributed by atoms with Crippen LogP contribution in [0.2, 0.25) is 0 Å². The van der Waals surface area contributed by atoms with E-state index in [2.05, 4.69) is 43.3 Å². The Hall–Kier alpha value is -2.77.